The number of methoxy groups -OCH3 is 1. The third kappa shape index (κ3) is 3.31. The van der Waals surface area contributed by atoms with Crippen LogP contribution < -0.4 is 0 Å². The van der Waals surface area contributed by atoms with E-state index in [2.05, 4.69) is 0 Å². The van der Waals surface area contributed by atoms with E-state index < -0.39 is 16.0 Å². The van der Waals surface area contributed by atoms with Crippen LogP contribution in [0.25, 0.3) is 0 Å². The largest absolute Gasteiger partial charge is 0.465 e. The predicted molar refractivity (Wildman–Crippen MR) is 87.9 cm³/mol. The van der Waals surface area contributed by atoms with Gasteiger partial charge in [0.1, 0.15) is 0 Å². The van der Waals surface area contributed by atoms with Gasteiger partial charge in [0.15, 0.2) is 0 Å². The number of benzene rings is 1. The molecule has 0 bridgehead atoms. The molecule has 0 amide bonds. The average molecular weight is 351 g/mol. The lowest BCUT2D eigenvalue weighted by Gasteiger charge is -2.22. The molecule has 0 radical (unpaired) electrons. The van der Waals surface area contributed by atoms with Gasteiger partial charge in [-0.25, -0.2) is 13.2 Å². The van der Waals surface area contributed by atoms with Crippen molar-refractivity contribution in [3.8, 4) is 0 Å². The zero-order valence-electron chi connectivity index (χ0n) is 12.6. The van der Waals surface area contributed by atoms with Crippen LogP contribution in [0.3, 0.4) is 0 Å². The van der Waals surface area contributed by atoms with Crippen molar-refractivity contribution in [2.24, 2.45) is 0 Å². The highest BCUT2D eigenvalue weighted by Crippen LogP contribution is 2.34. The Hall–Kier alpha value is -1.70. The summed E-state index contributed by atoms with van der Waals surface area (Å²) in [5.41, 5.74) is 1.03. The molecule has 0 unspecified atom stereocenters. The maximum Gasteiger partial charge on any atom is 0.339 e. The van der Waals surface area contributed by atoms with E-state index in [9.17, 15) is 13.2 Å². The van der Waals surface area contributed by atoms with Crippen LogP contribution in [0.4, 0.5) is 0 Å². The molecule has 1 heterocycles. The number of sulfonamides is 1. The molecule has 1 aromatic carbocycles. The van der Waals surface area contributed by atoms with Gasteiger partial charge in [-0.3, -0.25) is 0 Å². The number of rotatable bonds is 6. The van der Waals surface area contributed by atoms with Crippen LogP contribution in [0, 0.1) is 0 Å². The lowest BCUT2D eigenvalue weighted by molar-refractivity contribution is 0.0596. The molecular weight excluding hydrogens is 334 g/mol. The van der Waals surface area contributed by atoms with Gasteiger partial charge in [0.25, 0.3) is 0 Å². The molecule has 0 saturated heterocycles. The Balaban J connectivity index is 2.00. The summed E-state index contributed by atoms with van der Waals surface area (Å²) in [6, 6.07) is 8.12. The van der Waals surface area contributed by atoms with Crippen LogP contribution in [0.2, 0.25) is 0 Å². The van der Waals surface area contributed by atoms with Gasteiger partial charge in [-0.05, 0) is 47.4 Å². The van der Waals surface area contributed by atoms with Crippen molar-refractivity contribution in [3.05, 3.63) is 52.2 Å². The quantitative estimate of drug-likeness (QED) is 0.751. The molecule has 5 nitrogen and oxygen atoms in total. The van der Waals surface area contributed by atoms with Gasteiger partial charge in [-0.1, -0.05) is 12.1 Å². The van der Waals surface area contributed by atoms with E-state index in [1.165, 1.54) is 34.9 Å². The second kappa shape index (κ2) is 6.43. The summed E-state index contributed by atoms with van der Waals surface area (Å²) in [5, 5.41) is 3.87. The highest BCUT2D eigenvalue weighted by atomic mass is 32.2. The Morgan fingerprint density at radius 2 is 2.04 bits per heavy atom. The van der Waals surface area contributed by atoms with Crippen molar-refractivity contribution in [1.29, 1.82) is 0 Å². The Morgan fingerprint density at radius 3 is 2.65 bits per heavy atom. The minimum Gasteiger partial charge on any atom is -0.465 e. The number of ether oxygens (including phenoxy) is 1. The summed E-state index contributed by atoms with van der Waals surface area (Å²) in [6.07, 6.45) is 1.70. The van der Waals surface area contributed by atoms with Gasteiger partial charge in [0.2, 0.25) is 10.0 Å². The predicted octanol–water partition coefficient (Wildman–Crippen LogP) is 2.89. The summed E-state index contributed by atoms with van der Waals surface area (Å²) in [6.45, 7) is 0.325. The number of carbonyl (C=O) groups is 1. The first kappa shape index (κ1) is 16.2. The zero-order valence-corrected chi connectivity index (χ0v) is 14.3. The zero-order chi connectivity index (χ0) is 16.4. The van der Waals surface area contributed by atoms with E-state index in [1.807, 2.05) is 16.8 Å². The molecule has 122 valence electrons. The summed E-state index contributed by atoms with van der Waals surface area (Å²) < 4.78 is 32.4. The summed E-state index contributed by atoms with van der Waals surface area (Å²) >= 11 is 1.54. The minimum absolute atomic E-state index is 0.00519. The van der Waals surface area contributed by atoms with Crippen LogP contribution in [0.15, 0.2) is 46.0 Å². The van der Waals surface area contributed by atoms with Crippen LogP contribution in [0.5, 0.6) is 0 Å². The molecule has 2 aromatic rings. The molecular formula is C16H17NO4S2. The topological polar surface area (TPSA) is 63.7 Å². The number of hydrogen-bond acceptors (Lipinski definition) is 5. The Kier molecular flexibility index (Phi) is 4.52. The van der Waals surface area contributed by atoms with E-state index >= 15 is 0 Å². The number of hydrogen-bond donors (Lipinski definition) is 0. The van der Waals surface area contributed by atoms with E-state index in [0.717, 1.165) is 18.4 Å². The third-order valence-corrected chi connectivity index (χ3v) is 6.44. The van der Waals surface area contributed by atoms with Crippen molar-refractivity contribution in [1.82, 2.24) is 4.31 Å². The van der Waals surface area contributed by atoms with Gasteiger partial charge >= 0.3 is 5.97 Å². The highest BCUT2D eigenvalue weighted by molar-refractivity contribution is 7.89. The van der Waals surface area contributed by atoms with Crippen LogP contribution in [-0.4, -0.2) is 31.8 Å². The molecule has 1 fully saturated rings. The molecule has 1 aliphatic rings. The summed E-state index contributed by atoms with van der Waals surface area (Å²) in [5.74, 6) is -0.643. The van der Waals surface area contributed by atoms with Gasteiger partial charge in [-0.15, -0.1) is 0 Å². The normalized spacial score (nSPS) is 14.9. The van der Waals surface area contributed by atoms with Crippen molar-refractivity contribution >= 4 is 27.3 Å². The van der Waals surface area contributed by atoms with Gasteiger partial charge in [-0.2, -0.15) is 15.6 Å². The first-order valence-corrected chi connectivity index (χ1v) is 9.62. The fourth-order valence-electron chi connectivity index (χ4n) is 2.43. The molecule has 0 aliphatic heterocycles. The second-order valence-corrected chi connectivity index (χ2v) is 8.04. The molecule has 0 N–H and O–H groups in total. The first-order chi connectivity index (χ1) is 11.0. The number of thiophene rings is 1. The molecule has 23 heavy (non-hydrogen) atoms. The molecule has 1 aromatic heterocycles. The number of nitrogens with zero attached hydrogens (tertiary/aromatic N) is 1. The highest BCUT2D eigenvalue weighted by Gasteiger charge is 2.39. The molecule has 0 atom stereocenters. The Morgan fingerprint density at radius 1 is 1.30 bits per heavy atom. The lowest BCUT2D eigenvalue weighted by Crippen LogP contribution is -2.33. The SMILES string of the molecule is COC(=O)c1ccccc1S(=O)(=O)N(Cc1ccsc1)C1CC1. The fraction of sp³-hybridized carbons (Fsp3) is 0.312. The first-order valence-electron chi connectivity index (χ1n) is 7.24. The molecule has 1 saturated carbocycles. The van der Waals surface area contributed by atoms with Crippen LogP contribution in [0.1, 0.15) is 28.8 Å². The molecule has 7 heteroatoms. The maximum absolute atomic E-state index is 13.1. The van der Waals surface area contributed by atoms with Gasteiger partial charge in [0.05, 0.1) is 17.6 Å². The third-order valence-electron chi connectivity index (χ3n) is 3.75. The van der Waals surface area contributed by atoms with E-state index in [4.69, 9.17) is 4.74 Å². The summed E-state index contributed by atoms with van der Waals surface area (Å²) in [4.78, 5) is 11.9. The monoisotopic (exact) mass is 351 g/mol. The average Bonchev–Trinajstić information content (AvgIpc) is 3.27. The Bertz CT molecular complexity index is 795. The number of carbonyl (C=O) groups excluding carboxylic acids is 1. The van der Waals surface area contributed by atoms with Crippen molar-refractivity contribution in [3.63, 3.8) is 0 Å². The summed E-state index contributed by atoms with van der Waals surface area (Å²) in [7, 11) is -2.52. The van der Waals surface area contributed by atoms with Crippen molar-refractivity contribution in [2.45, 2.75) is 30.3 Å². The Labute approximate surface area is 139 Å². The standard InChI is InChI=1S/C16H17NO4S2/c1-21-16(18)14-4-2-3-5-15(14)23(19,20)17(13-6-7-13)10-12-8-9-22-11-12/h2-5,8-9,11,13H,6-7,10H2,1H3. The second-order valence-electron chi connectivity index (χ2n) is 5.40. The van der Waals surface area contributed by atoms with Gasteiger partial charge < -0.3 is 4.74 Å². The minimum atomic E-state index is -3.76. The fourth-order valence-corrected chi connectivity index (χ4v) is 4.95. The van der Waals surface area contributed by atoms with E-state index in [0.29, 0.717) is 6.54 Å². The van der Waals surface area contributed by atoms with Crippen molar-refractivity contribution < 1.29 is 17.9 Å². The van der Waals surface area contributed by atoms with E-state index in [1.54, 1.807) is 12.1 Å². The molecule has 1 aliphatic carbocycles. The molecule has 3 rings (SSSR count). The van der Waals surface area contributed by atoms with E-state index in [-0.39, 0.29) is 16.5 Å². The van der Waals surface area contributed by atoms with Crippen LogP contribution in [-0.2, 0) is 21.3 Å². The van der Waals surface area contributed by atoms with Crippen molar-refractivity contribution in [2.75, 3.05) is 7.11 Å². The number of esters is 1. The molecule has 0 spiro atoms. The smallest absolute Gasteiger partial charge is 0.339 e. The van der Waals surface area contributed by atoms with Gasteiger partial charge in [0, 0.05) is 12.6 Å². The van der Waals surface area contributed by atoms with Crippen LogP contribution >= 0.6 is 11.3 Å². The lowest BCUT2D eigenvalue weighted by atomic mass is 10.2. The maximum atomic E-state index is 13.1.